The smallest absolute Gasteiger partial charge is 0.230 e. The maximum Gasteiger partial charge on any atom is 0.230 e. The molecule has 3 heterocycles. The average molecular weight is 422 g/mol. The minimum absolute atomic E-state index is 0.0186. The number of hydrogen-bond acceptors (Lipinski definition) is 5. The second-order valence-corrected chi connectivity index (χ2v) is 8.86. The van der Waals surface area contributed by atoms with Gasteiger partial charge in [-0.05, 0) is 48.4 Å². The predicted molar refractivity (Wildman–Crippen MR) is 116 cm³/mol. The highest BCUT2D eigenvalue weighted by Crippen LogP contribution is 2.42. The van der Waals surface area contributed by atoms with E-state index in [2.05, 4.69) is 11.4 Å². The van der Waals surface area contributed by atoms with Gasteiger partial charge in [-0.1, -0.05) is 23.8 Å². The van der Waals surface area contributed by atoms with Gasteiger partial charge < -0.3 is 10.2 Å². The number of carbonyl (C=O) groups is 2. The molecule has 3 aromatic rings. The largest absolute Gasteiger partial charge is 0.316 e. The summed E-state index contributed by atoms with van der Waals surface area (Å²) in [5.74, 6) is -0.543. The molecule has 0 aliphatic carbocycles. The molecule has 1 aromatic carbocycles. The van der Waals surface area contributed by atoms with E-state index >= 15 is 0 Å². The van der Waals surface area contributed by atoms with Gasteiger partial charge in [0.05, 0.1) is 17.5 Å². The molecule has 1 aliphatic heterocycles. The van der Waals surface area contributed by atoms with Crippen LogP contribution in [0.5, 0.6) is 0 Å². The maximum atomic E-state index is 13.2. The molecule has 0 bridgehead atoms. The summed E-state index contributed by atoms with van der Waals surface area (Å²) in [6, 6.07) is 15.2. The molecule has 4 rings (SSSR count). The zero-order chi connectivity index (χ0) is 20.4. The van der Waals surface area contributed by atoms with Crippen molar-refractivity contribution in [2.24, 2.45) is 5.92 Å². The number of piperidine rings is 1. The molecule has 5 nitrogen and oxygen atoms in total. The van der Waals surface area contributed by atoms with Crippen molar-refractivity contribution in [2.75, 3.05) is 10.2 Å². The van der Waals surface area contributed by atoms with Gasteiger partial charge in [-0.25, -0.2) is 0 Å². The molecule has 0 unspecified atom stereocenters. The lowest BCUT2D eigenvalue weighted by Crippen LogP contribution is -2.46. The second kappa shape index (κ2) is 8.19. The van der Waals surface area contributed by atoms with Gasteiger partial charge in [0.2, 0.25) is 11.8 Å². The minimum atomic E-state index is -0.402. The van der Waals surface area contributed by atoms with Crippen molar-refractivity contribution in [3.63, 3.8) is 0 Å². The lowest BCUT2D eigenvalue weighted by molar-refractivity contribution is -0.125. The fraction of sp³-hybridized carbons (Fsp3) is 0.227. The van der Waals surface area contributed by atoms with Crippen molar-refractivity contribution in [1.82, 2.24) is 0 Å². The third-order valence-corrected chi connectivity index (χ3v) is 6.88. The van der Waals surface area contributed by atoms with Gasteiger partial charge in [0, 0.05) is 17.0 Å². The van der Waals surface area contributed by atoms with Crippen LogP contribution in [-0.2, 0) is 9.59 Å². The van der Waals surface area contributed by atoms with Crippen molar-refractivity contribution in [3.8, 4) is 6.07 Å². The highest BCUT2D eigenvalue weighted by Gasteiger charge is 2.42. The van der Waals surface area contributed by atoms with Gasteiger partial charge in [0.15, 0.2) is 0 Å². The quantitative estimate of drug-likeness (QED) is 0.636. The normalized spacial score (nSPS) is 19.0. The van der Waals surface area contributed by atoms with Crippen LogP contribution < -0.4 is 10.2 Å². The Labute approximate surface area is 177 Å². The molecule has 0 saturated carbocycles. The van der Waals surface area contributed by atoms with E-state index in [0.29, 0.717) is 23.4 Å². The Morgan fingerprint density at radius 1 is 1.17 bits per heavy atom. The van der Waals surface area contributed by atoms with Gasteiger partial charge >= 0.3 is 0 Å². The van der Waals surface area contributed by atoms with E-state index in [-0.39, 0.29) is 17.9 Å². The Morgan fingerprint density at radius 3 is 2.66 bits per heavy atom. The minimum Gasteiger partial charge on any atom is -0.316 e. The Balaban J connectivity index is 1.71. The van der Waals surface area contributed by atoms with Gasteiger partial charge in [0.1, 0.15) is 11.1 Å². The number of rotatable bonds is 4. The number of anilines is 2. The predicted octanol–water partition coefficient (Wildman–Crippen LogP) is 5.11. The van der Waals surface area contributed by atoms with Crippen molar-refractivity contribution in [2.45, 2.75) is 25.8 Å². The molecule has 1 aliphatic rings. The third kappa shape index (κ3) is 3.82. The number of nitrogens with one attached hydrogen (secondary N) is 1. The van der Waals surface area contributed by atoms with Crippen LogP contribution in [0, 0.1) is 24.2 Å². The highest BCUT2D eigenvalue weighted by atomic mass is 32.1. The van der Waals surface area contributed by atoms with Crippen LogP contribution >= 0.6 is 22.7 Å². The van der Waals surface area contributed by atoms with Crippen LogP contribution in [0.3, 0.4) is 0 Å². The van der Waals surface area contributed by atoms with Gasteiger partial charge in [0.25, 0.3) is 0 Å². The Kier molecular flexibility index (Phi) is 5.47. The zero-order valence-electron chi connectivity index (χ0n) is 15.8. The summed E-state index contributed by atoms with van der Waals surface area (Å²) in [6.45, 7) is 2.00. The van der Waals surface area contributed by atoms with E-state index in [4.69, 9.17) is 0 Å². The van der Waals surface area contributed by atoms with Crippen molar-refractivity contribution in [3.05, 3.63) is 69.2 Å². The van der Waals surface area contributed by atoms with Crippen LogP contribution in [0.1, 0.15) is 34.9 Å². The summed E-state index contributed by atoms with van der Waals surface area (Å²) in [5.41, 5.74) is 2.37. The van der Waals surface area contributed by atoms with Crippen molar-refractivity contribution >= 4 is 45.2 Å². The van der Waals surface area contributed by atoms with Crippen LogP contribution in [0.15, 0.2) is 53.2 Å². The first kappa shape index (κ1) is 19.4. The first-order chi connectivity index (χ1) is 14.1. The molecule has 1 saturated heterocycles. The molecule has 1 fully saturated rings. The molecule has 29 heavy (non-hydrogen) atoms. The molecule has 2 atom stereocenters. The van der Waals surface area contributed by atoms with Gasteiger partial charge in [-0.3, -0.25) is 9.59 Å². The number of thiophene rings is 2. The average Bonchev–Trinajstić information content (AvgIpc) is 3.40. The molecule has 0 radical (unpaired) electrons. The molecule has 2 aromatic heterocycles. The van der Waals surface area contributed by atoms with Gasteiger partial charge in [-0.2, -0.15) is 5.26 Å². The Morgan fingerprint density at radius 2 is 1.97 bits per heavy atom. The number of nitriles is 1. The van der Waals surface area contributed by atoms with E-state index in [0.717, 1.165) is 16.1 Å². The number of hydrogen-bond donors (Lipinski definition) is 1. The first-order valence-corrected chi connectivity index (χ1v) is 11.0. The van der Waals surface area contributed by atoms with E-state index in [1.807, 2.05) is 48.7 Å². The summed E-state index contributed by atoms with van der Waals surface area (Å²) >= 11 is 2.88. The monoisotopic (exact) mass is 421 g/mol. The van der Waals surface area contributed by atoms with Gasteiger partial charge in [-0.15, -0.1) is 22.7 Å². The lowest BCUT2D eigenvalue weighted by Gasteiger charge is -2.40. The number of carbonyl (C=O) groups excluding carboxylic acids is 2. The molecular formula is C22H19N3O2S2. The fourth-order valence-corrected chi connectivity index (χ4v) is 5.28. The highest BCUT2D eigenvalue weighted by molar-refractivity contribution is 7.14. The molecular weight excluding hydrogens is 402 g/mol. The summed E-state index contributed by atoms with van der Waals surface area (Å²) in [7, 11) is 0. The van der Waals surface area contributed by atoms with Crippen LogP contribution in [-0.4, -0.2) is 11.8 Å². The van der Waals surface area contributed by atoms with Crippen LogP contribution in [0.2, 0.25) is 0 Å². The Hall–Kier alpha value is -2.95. The SMILES string of the molecule is Cc1ccc(N2C(=O)CC[C@H](C(=O)Nc3sccc3C#N)[C@H]2c2cccs2)cc1. The van der Waals surface area contributed by atoms with Crippen molar-refractivity contribution in [1.29, 1.82) is 5.26 Å². The van der Waals surface area contributed by atoms with Crippen LogP contribution in [0.4, 0.5) is 10.7 Å². The van der Waals surface area contributed by atoms with Crippen LogP contribution in [0.25, 0.3) is 0 Å². The number of benzene rings is 1. The number of amides is 2. The lowest BCUT2D eigenvalue weighted by atomic mass is 9.86. The molecule has 0 spiro atoms. The topological polar surface area (TPSA) is 73.2 Å². The van der Waals surface area contributed by atoms with Crippen molar-refractivity contribution < 1.29 is 9.59 Å². The fourth-order valence-electron chi connectivity index (χ4n) is 3.66. The molecule has 1 N–H and O–H groups in total. The molecule has 7 heteroatoms. The standard InChI is InChI=1S/C22H19N3O2S2/c1-14-4-6-16(7-5-14)25-19(26)9-8-17(20(25)18-3-2-11-28-18)21(27)24-22-15(13-23)10-12-29-22/h2-7,10-12,17,20H,8-9H2,1H3,(H,24,27)/t17-,20-/m0/s1. The number of nitrogens with zero attached hydrogens (tertiary/aromatic N) is 2. The first-order valence-electron chi connectivity index (χ1n) is 9.29. The third-order valence-electron chi connectivity index (χ3n) is 5.10. The summed E-state index contributed by atoms with van der Waals surface area (Å²) in [5, 5.41) is 16.5. The van der Waals surface area contributed by atoms with E-state index in [9.17, 15) is 14.9 Å². The number of aryl methyl sites for hydroxylation is 1. The molecule has 146 valence electrons. The van der Waals surface area contributed by atoms with E-state index in [1.165, 1.54) is 11.3 Å². The summed E-state index contributed by atoms with van der Waals surface area (Å²) in [4.78, 5) is 28.9. The molecule has 2 amide bonds. The maximum absolute atomic E-state index is 13.2. The second-order valence-electron chi connectivity index (χ2n) is 6.97. The summed E-state index contributed by atoms with van der Waals surface area (Å²) < 4.78 is 0. The van der Waals surface area contributed by atoms with E-state index in [1.54, 1.807) is 27.7 Å². The van der Waals surface area contributed by atoms with E-state index < -0.39 is 5.92 Å². The zero-order valence-corrected chi connectivity index (χ0v) is 17.4. The summed E-state index contributed by atoms with van der Waals surface area (Å²) in [6.07, 6.45) is 0.784. The Bertz CT molecular complexity index is 1060.